The fourth-order valence-electron chi connectivity index (χ4n) is 0.884. The van der Waals surface area contributed by atoms with Crippen LogP contribution in [0.1, 0.15) is 17.3 Å². The molecule has 0 bridgehead atoms. The van der Waals surface area contributed by atoms with Gasteiger partial charge in [-0.05, 0) is 6.92 Å². The molecule has 1 aromatic heterocycles. The third-order valence-electron chi connectivity index (χ3n) is 1.58. The van der Waals surface area contributed by atoms with Crippen LogP contribution in [0.4, 0.5) is 0 Å². The Morgan fingerprint density at radius 1 is 1.85 bits per heavy atom. The van der Waals surface area contributed by atoms with E-state index in [1.165, 1.54) is 0 Å². The maximum absolute atomic E-state index is 11.4. The SMILES string of the molecule is CC(CBr)NC(=O)c1cnn(C)c1. The molecule has 0 aliphatic rings. The number of aryl methyl sites for hydroxylation is 1. The van der Waals surface area contributed by atoms with Gasteiger partial charge >= 0.3 is 0 Å². The lowest BCUT2D eigenvalue weighted by molar-refractivity contribution is 0.0944. The van der Waals surface area contributed by atoms with E-state index in [9.17, 15) is 4.79 Å². The van der Waals surface area contributed by atoms with Gasteiger partial charge in [-0.2, -0.15) is 5.10 Å². The summed E-state index contributed by atoms with van der Waals surface area (Å²) in [5, 5.41) is 7.48. The molecule has 1 heterocycles. The summed E-state index contributed by atoms with van der Waals surface area (Å²) in [4.78, 5) is 11.4. The average Bonchev–Trinajstić information content (AvgIpc) is 2.51. The molecule has 1 N–H and O–H groups in total. The maximum atomic E-state index is 11.4. The topological polar surface area (TPSA) is 46.9 Å². The van der Waals surface area contributed by atoms with Crippen LogP contribution in [-0.4, -0.2) is 27.1 Å². The van der Waals surface area contributed by atoms with Crippen molar-refractivity contribution in [3.8, 4) is 0 Å². The van der Waals surface area contributed by atoms with Gasteiger partial charge in [-0.3, -0.25) is 9.48 Å². The standard InChI is InChI=1S/C8H12BrN3O/c1-6(3-9)11-8(13)7-4-10-12(2)5-7/h4-6H,3H2,1-2H3,(H,11,13). The summed E-state index contributed by atoms with van der Waals surface area (Å²) in [6, 6.07) is 0.132. The molecule has 1 rings (SSSR count). The first-order valence-corrected chi connectivity index (χ1v) is 5.11. The lowest BCUT2D eigenvalue weighted by atomic mass is 10.3. The molecule has 4 nitrogen and oxygen atoms in total. The summed E-state index contributed by atoms with van der Waals surface area (Å²) in [5.74, 6) is -0.0833. The van der Waals surface area contributed by atoms with Crippen LogP contribution >= 0.6 is 15.9 Å². The number of nitrogens with one attached hydrogen (secondary N) is 1. The summed E-state index contributed by atoms with van der Waals surface area (Å²) in [7, 11) is 1.78. The van der Waals surface area contributed by atoms with Crippen molar-refractivity contribution in [1.29, 1.82) is 0 Å². The Balaban J connectivity index is 2.58. The van der Waals surface area contributed by atoms with Crippen LogP contribution in [0.5, 0.6) is 0 Å². The van der Waals surface area contributed by atoms with Crippen molar-refractivity contribution in [3.63, 3.8) is 0 Å². The molecular weight excluding hydrogens is 234 g/mol. The lowest BCUT2D eigenvalue weighted by Crippen LogP contribution is -2.33. The molecule has 0 fully saturated rings. The van der Waals surface area contributed by atoms with Gasteiger partial charge in [0.05, 0.1) is 11.8 Å². The summed E-state index contributed by atoms with van der Waals surface area (Å²) in [5.41, 5.74) is 0.593. The Hall–Kier alpha value is -0.840. The van der Waals surface area contributed by atoms with Gasteiger partial charge in [0, 0.05) is 24.6 Å². The van der Waals surface area contributed by atoms with Gasteiger partial charge in [-0.1, -0.05) is 15.9 Å². The normalized spacial score (nSPS) is 12.5. The number of hydrogen-bond donors (Lipinski definition) is 1. The van der Waals surface area contributed by atoms with Crippen molar-refractivity contribution in [2.45, 2.75) is 13.0 Å². The molecular formula is C8H12BrN3O. The monoisotopic (exact) mass is 245 g/mol. The van der Waals surface area contributed by atoms with Crippen LogP contribution < -0.4 is 5.32 Å². The van der Waals surface area contributed by atoms with Crippen LogP contribution in [0.2, 0.25) is 0 Å². The van der Waals surface area contributed by atoms with Crippen molar-refractivity contribution >= 4 is 21.8 Å². The van der Waals surface area contributed by atoms with E-state index in [2.05, 4.69) is 26.3 Å². The highest BCUT2D eigenvalue weighted by atomic mass is 79.9. The minimum absolute atomic E-state index is 0.0833. The quantitative estimate of drug-likeness (QED) is 0.806. The molecule has 0 aliphatic heterocycles. The van der Waals surface area contributed by atoms with Crippen molar-refractivity contribution in [3.05, 3.63) is 18.0 Å². The summed E-state index contributed by atoms with van der Waals surface area (Å²) in [6.45, 7) is 1.93. The molecule has 1 aromatic rings. The number of halogens is 1. The van der Waals surface area contributed by atoms with E-state index in [-0.39, 0.29) is 11.9 Å². The highest BCUT2D eigenvalue weighted by molar-refractivity contribution is 9.09. The summed E-state index contributed by atoms with van der Waals surface area (Å²) in [6.07, 6.45) is 3.24. The predicted octanol–water partition coefficient (Wildman–Crippen LogP) is 0.933. The highest BCUT2D eigenvalue weighted by Crippen LogP contribution is 1.97. The van der Waals surface area contributed by atoms with Crippen LogP contribution in [0.25, 0.3) is 0 Å². The molecule has 1 atom stereocenters. The fraction of sp³-hybridized carbons (Fsp3) is 0.500. The van der Waals surface area contributed by atoms with Crippen molar-refractivity contribution in [1.82, 2.24) is 15.1 Å². The van der Waals surface area contributed by atoms with E-state index in [4.69, 9.17) is 0 Å². The highest BCUT2D eigenvalue weighted by Gasteiger charge is 2.09. The maximum Gasteiger partial charge on any atom is 0.254 e. The van der Waals surface area contributed by atoms with Crippen LogP contribution in [-0.2, 0) is 7.05 Å². The minimum atomic E-state index is -0.0833. The average molecular weight is 246 g/mol. The third-order valence-corrected chi connectivity index (χ3v) is 2.55. The molecule has 0 aromatic carbocycles. The molecule has 1 amide bonds. The number of hydrogen-bond acceptors (Lipinski definition) is 2. The fourth-order valence-corrected chi connectivity index (χ4v) is 1.05. The molecule has 13 heavy (non-hydrogen) atoms. The van der Waals surface area contributed by atoms with Gasteiger partial charge in [-0.15, -0.1) is 0 Å². The zero-order valence-electron chi connectivity index (χ0n) is 7.62. The van der Waals surface area contributed by atoms with Crippen LogP contribution in [0, 0.1) is 0 Å². The van der Waals surface area contributed by atoms with Gasteiger partial charge in [0.2, 0.25) is 0 Å². The number of amides is 1. The van der Waals surface area contributed by atoms with Crippen LogP contribution in [0.3, 0.4) is 0 Å². The minimum Gasteiger partial charge on any atom is -0.349 e. The first-order valence-electron chi connectivity index (χ1n) is 3.99. The van der Waals surface area contributed by atoms with Crippen molar-refractivity contribution in [2.75, 3.05) is 5.33 Å². The molecule has 0 radical (unpaired) electrons. The van der Waals surface area contributed by atoms with Gasteiger partial charge < -0.3 is 5.32 Å². The molecule has 72 valence electrons. The molecule has 5 heteroatoms. The van der Waals surface area contributed by atoms with Gasteiger partial charge in [-0.25, -0.2) is 0 Å². The number of aromatic nitrogens is 2. The van der Waals surface area contributed by atoms with Gasteiger partial charge in [0.1, 0.15) is 0 Å². The van der Waals surface area contributed by atoms with E-state index in [1.54, 1.807) is 24.1 Å². The number of nitrogens with zero attached hydrogens (tertiary/aromatic N) is 2. The number of rotatable bonds is 3. The Labute approximate surface area is 85.4 Å². The first-order chi connectivity index (χ1) is 6.13. The van der Waals surface area contributed by atoms with E-state index in [1.807, 2.05) is 6.92 Å². The second kappa shape index (κ2) is 4.41. The lowest BCUT2D eigenvalue weighted by Gasteiger charge is -2.08. The summed E-state index contributed by atoms with van der Waals surface area (Å²) < 4.78 is 1.60. The Kier molecular flexibility index (Phi) is 3.48. The zero-order valence-corrected chi connectivity index (χ0v) is 9.21. The second-order valence-electron chi connectivity index (χ2n) is 2.93. The smallest absolute Gasteiger partial charge is 0.254 e. The predicted molar refractivity (Wildman–Crippen MR) is 53.9 cm³/mol. The number of alkyl halides is 1. The van der Waals surface area contributed by atoms with Gasteiger partial charge in [0.15, 0.2) is 0 Å². The van der Waals surface area contributed by atoms with Crippen molar-refractivity contribution in [2.24, 2.45) is 7.05 Å². The third kappa shape index (κ3) is 2.84. The number of carbonyl (C=O) groups excluding carboxylic acids is 1. The molecule has 0 aliphatic carbocycles. The Bertz CT molecular complexity index is 297. The van der Waals surface area contributed by atoms with Gasteiger partial charge in [0.25, 0.3) is 5.91 Å². The number of carbonyl (C=O) groups is 1. The van der Waals surface area contributed by atoms with Crippen LogP contribution in [0.15, 0.2) is 12.4 Å². The molecule has 0 spiro atoms. The van der Waals surface area contributed by atoms with E-state index in [0.717, 1.165) is 5.33 Å². The zero-order chi connectivity index (χ0) is 9.84. The second-order valence-corrected chi connectivity index (χ2v) is 3.58. The van der Waals surface area contributed by atoms with E-state index < -0.39 is 0 Å². The summed E-state index contributed by atoms with van der Waals surface area (Å²) >= 11 is 3.29. The van der Waals surface area contributed by atoms with E-state index in [0.29, 0.717) is 5.56 Å². The molecule has 0 saturated heterocycles. The molecule has 0 saturated carbocycles. The first kappa shape index (κ1) is 10.2. The largest absolute Gasteiger partial charge is 0.349 e. The molecule has 1 unspecified atom stereocenters. The Morgan fingerprint density at radius 2 is 2.54 bits per heavy atom. The Morgan fingerprint density at radius 3 is 3.00 bits per heavy atom. The van der Waals surface area contributed by atoms with E-state index >= 15 is 0 Å². The van der Waals surface area contributed by atoms with Crippen molar-refractivity contribution < 1.29 is 4.79 Å².